The number of likely N-dealkylation sites (tertiary alicyclic amines) is 1. The molecule has 0 bridgehead atoms. The van der Waals surface area contributed by atoms with Crippen molar-refractivity contribution >= 4 is 29.9 Å². The second-order valence-corrected chi connectivity index (χ2v) is 11.1. The van der Waals surface area contributed by atoms with Gasteiger partial charge in [-0.15, -0.1) is 0 Å². The number of imide groups is 1. The molecule has 0 spiro atoms. The third kappa shape index (κ3) is 4.83. The minimum Gasteiger partial charge on any atom is -0.393 e. The first-order valence-electron chi connectivity index (χ1n) is 15.1. The smallest absolute Gasteiger partial charge is 0.393 e. The summed E-state index contributed by atoms with van der Waals surface area (Å²) in [5, 5.41) is 0. The van der Waals surface area contributed by atoms with Crippen molar-refractivity contribution in [1.29, 1.82) is 0 Å². The Bertz CT molecular complexity index is 1380. The van der Waals surface area contributed by atoms with Gasteiger partial charge in [0.2, 0.25) is 23.6 Å². The van der Waals surface area contributed by atoms with Crippen LogP contribution in [0.4, 0.5) is 9.59 Å². The summed E-state index contributed by atoms with van der Waals surface area (Å²) in [6, 6.07) is 9.57. The summed E-state index contributed by atoms with van der Waals surface area (Å²) < 4.78 is 17.3. The number of ether oxygens (including phenoxy) is 3. The van der Waals surface area contributed by atoms with E-state index in [4.69, 9.17) is 19.2 Å². The van der Waals surface area contributed by atoms with Crippen LogP contribution in [0.15, 0.2) is 58.4 Å². The van der Waals surface area contributed by atoms with E-state index < -0.39 is 35.5 Å². The van der Waals surface area contributed by atoms with Crippen LogP contribution in [0.1, 0.15) is 46.1 Å². The first-order valence-corrected chi connectivity index (χ1v) is 15.1. The summed E-state index contributed by atoms with van der Waals surface area (Å²) in [5.41, 5.74) is 0.914. The predicted molar refractivity (Wildman–Crippen MR) is 158 cm³/mol. The first kappa shape index (κ1) is 30.5. The first-order chi connectivity index (χ1) is 20.8. The van der Waals surface area contributed by atoms with Crippen LogP contribution in [0.2, 0.25) is 0 Å². The zero-order valence-electron chi connectivity index (χ0n) is 25.5. The van der Waals surface area contributed by atoms with Crippen LogP contribution in [0.3, 0.4) is 0 Å². The number of cyclic esters (lactones) is 1. The third-order valence-corrected chi connectivity index (χ3v) is 9.06. The van der Waals surface area contributed by atoms with E-state index in [9.17, 15) is 19.2 Å². The minimum atomic E-state index is -1.38. The molecule has 4 atom stereocenters. The number of hydrogen-bond donors (Lipinski definition) is 0. The second kappa shape index (κ2) is 12.3. The molecule has 1 aliphatic carbocycles. The Hall–Kier alpha value is -3.99. The van der Waals surface area contributed by atoms with E-state index >= 15 is 0 Å². The van der Waals surface area contributed by atoms with Gasteiger partial charge < -0.3 is 19.1 Å². The van der Waals surface area contributed by atoms with Crippen LogP contribution >= 0.6 is 0 Å². The van der Waals surface area contributed by atoms with Crippen molar-refractivity contribution in [3.05, 3.63) is 59.0 Å². The normalized spacial score (nSPS) is 27.2. The quantitative estimate of drug-likeness (QED) is 0.296. The van der Waals surface area contributed by atoms with Crippen LogP contribution in [0.25, 0.3) is 0 Å². The lowest BCUT2D eigenvalue weighted by molar-refractivity contribution is -0.140. The molecule has 11 nitrogen and oxygen atoms in total. The number of allylic oxidation sites excluding steroid dienone is 2. The Morgan fingerprint density at radius 2 is 1.81 bits per heavy atom. The number of amides is 4. The zero-order chi connectivity index (χ0) is 30.9. The summed E-state index contributed by atoms with van der Waals surface area (Å²) >= 11 is 0. The molecule has 3 aliphatic heterocycles. The Morgan fingerprint density at radius 3 is 2.44 bits per heavy atom. The van der Waals surface area contributed by atoms with Crippen molar-refractivity contribution in [2.45, 2.75) is 52.5 Å². The molecule has 11 heteroatoms. The van der Waals surface area contributed by atoms with Gasteiger partial charge in [0, 0.05) is 44.7 Å². The lowest BCUT2D eigenvalue weighted by Crippen LogP contribution is -2.63. The number of methoxy groups -OCH3 is 1. The van der Waals surface area contributed by atoms with Gasteiger partial charge in [0.25, 0.3) is 0 Å². The largest absolute Gasteiger partial charge is 0.424 e. The summed E-state index contributed by atoms with van der Waals surface area (Å²) in [4.78, 5) is 64.0. The summed E-state index contributed by atoms with van der Waals surface area (Å²) in [5.74, 6) is -2.27. The lowest BCUT2D eigenvalue weighted by atomic mass is 9.59. The molecule has 0 radical (unpaired) electrons. The maximum absolute atomic E-state index is 14.1. The highest BCUT2D eigenvalue weighted by Crippen LogP contribution is 2.58. The molecule has 1 aromatic rings. The molecule has 2 fully saturated rings. The fourth-order valence-corrected chi connectivity index (χ4v) is 7.13. The molecule has 43 heavy (non-hydrogen) atoms. The molecule has 230 valence electrons. The van der Waals surface area contributed by atoms with E-state index in [2.05, 4.69) is 0 Å². The number of benzene rings is 1. The van der Waals surface area contributed by atoms with Crippen LogP contribution in [0, 0.1) is 17.8 Å². The van der Waals surface area contributed by atoms with Crippen molar-refractivity contribution in [3.8, 4) is 0 Å². The molecule has 5 rings (SSSR count). The number of fused-ring (bicyclic) bond motifs is 5. The topological polar surface area (TPSA) is 118 Å². The zero-order valence-corrected chi connectivity index (χ0v) is 25.5. The van der Waals surface area contributed by atoms with Gasteiger partial charge in [-0.1, -0.05) is 43.3 Å². The van der Waals surface area contributed by atoms with E-state index in [0.717, 1.165) is 11.1 Å². The minimum absolute atomic E-state index is 0.0855. The molecule has 0 aromatic heterocycles. The summed E-state index contributed by atoms with van der Waals surface area (Å²) in [7, 11) is 1.56. The molecule has 3 unspecified atom stereocenters. The second-order valence-electron chi connectivity index (χ2n) is 11.1. The Balaban J connectivity index is 1.80. The third-order valence-electron chi connectivity index (χ3n) is 9.06. The standard InChI is InChI=1S/C32H40N4O7/c1-6-21-22-15-16-23-24(27(38)35(9-4)26(23)37)25(22)32(19-20-13-11-10-12-14-20)29(33-17-18-41-5)43-31(40)36(32)28(21)42-30(39)34(7-2)8-3/h10-15,23-25H,6-9,16-19H2,1-5H3/t23?,24?,25?,32-/m0/s1. The van der Waals surface area contributed by atoms with E-state index in [0.29, 0.717) is 31.5 Å². The van der Waals surface area contributed by atoms with E-state index in [-0.39, 0.29) is 49.7 Å². The summed E-state index contributed by atoms with van der Waals surface area (Å²) in [6.07, 6.45) is 1.65. The Kier molecular flexibility index (Phi) is 8.73. The Morgan fingerprint density at radius 1 is 1.09 bits per heavy atom. The van der Waals surface area contributed by atoms with Gasteiger partial charge in [0.1, 0.15) is 5.54 Å². The van der Waals surface area contributed by atoms with Gasteiger partial charge in [-0.3, -0.25) is 19.5 Å². The average molecular weight is 593 g/mol. The van der Waals surface area contributed by atoms with Gasteiger partial charge in [-0.2, -0.15) is 0 Å². The van der Waals surface area contributed by atoms with Crippen LogP contribution in [0.5, 0.6) is 0 Å². The molecule has 4 amide bonds. The maximum atomic E-state index is 14.1. The average Bonchev–Trinajstić information content (AvgIpc) is 3.43. The van der Waals surface area contributed by atoms with Gasteiger partial charge in [0.05, 0.1) is 25.0 Å². The number of carbonyl (C=O) groups excluding carboxylic acids is 4. The van der Waals surface area contributed by atoms with Crippen LogP contribution in [-0.2, 0) is 30.2 Å². The van der Waals surface area contributed by atoms with Crippen LogP contribution in [-0.4, -0.2) is 90.0 Å². The van der Waals surface area contributed by atoms with Crippen molar-refractivity contribution in [2.24, 2.45) is 22.7 Å². The Labute approximate surface area is 252 Å². The van der Waals surface area contributed by atoms with Crippen molar-refractivity contribution < 1.29 is 33.4 Å². The number of aliphatic imine (C=N–C) groups is 1. The van der Waals surface area contributed by atoms with Gasteiger partial charge >= 0.3 is 12.2 Å². The van der Waals surface area contributed by atoms with E-state index in [1.165, 1.54) is 14.7 Å². The molecule has 0 saturated carbocycles. The monoisotopic (exact) mass is 592 g/mol. The highest BCUT2D eigenvalue weighted by atomic mass is 16.6. The number of nitrogens with zero attached hydrogens (tertiary/aromatic N) is 4. The maximum Gasteiger partial charge on any atom is 0.424 e. The predicted octanol–water partition coefficient (Wildman–Crippen LogP) is 4.15. The highest BCUT2D eigenvalue weighted by Gasteiger charge is 2.69. The molecule has 4 aliphatic rings. The summed E-state index contributed by atoms with van der Waals surface area (Å²) in [6.45, 7) is 9.01. The van der Waals surface area contributed by atoms with E-state index in [1.54, 1.807) is 14.0 Å². The van der Waals surface area contributed by atoms with Gasteiger partial charge in [-0.25, -0.2) is 14.5 Å². The van der Waals surface area contributed by atoms with E-state index in [1.807, 2.05) is 57.2 Å². The number of carbonyl (C=O) groups is 4. The van der Waals surface area contributed by atoms with Gasteiger partial charge in [0.15, 0.2) is 0 Å². The fraction of sp³-hybridized carbons (Fsp3) is 0.531. The van der Waals surface area contributed by atoms with Gasteiger partial charge in [-0.05, 0) is 44.7 Å². The number of rotatable bonds is 10. The van der Waals surface area contributed by atoms with Crippen LogP contribution < -0.4 is 0 Å². The molecular formula is C32H40N4O7. The molecule has 3 heterocycles. The molecule has 2 saturated heterocycles. The molecule has 1 aromatic carbocycles. The van der Waals surface area contributed by atoms with Crippen molar-refractivity contribution in [2.75, 3.05) is 39.9 Å². The highest BCUT2D eigenvalue weighted by molar-refractivity contribution is 6.09. The van der Waals surface area contributed by atoms with Crippen molar-refractivity contribution in [1.82, 2.24) is 14.7 Å². The molecular weight excluding hydrogens is 552 g/mol. The SMILES string of the molecule is CCC1=C(OC(=O)N(CC)CC)N2C(=O)OC(=NCCOC)[C@]2(Cc2ccccc2)C2C1=CCC1C(=O)N(CC)C(=O)C12. The fourth-order valence-electron chi connectivity index (χ4n) is 7.13. The lowest BCUT2D eigenvalue weighted by Gasteiger charge is -2.51. The molecule has 0 N–H and O–H groups in total. The van der Waals surface area contributed by atoms with Crippen molar-refractivity contribution in [3.63, 3.8) is 0 Å². The number of hydrogen-bond acceptors (Lipinski definition) is 8.